The van der Waals surface area contributed by atoms with Gasteiger partial charge in [0.15, 0.2) is 23.3 Å². The van der Waals surface area contributed by atoms with Gasteiger partial charge in [0.1, 0.15) is 22.6 Å². The molecule has 0 radical (unpaired) electrons. The molecule has 0 spiro atoms. The molecule has 9 nitrogen and oxygen atoms in total. The first-order valence-corrected chi connectivity index (χ1v) is 16.2. The number of fused-ring (bicyclic) bond motifs is 2. The Labute approximate surface area is 284 Å². The van der Waals surface area contributed by atoms with Crippen LogP contribution in [0.4, 0.5) is 0 Å². The van der Waals surface area contributed by atoms with Gasteiger partial charge in [-0.2, -0.15) is 0 Å². The Kier molecular flexibility index (Phi) is 6.28. The predicted octanol–water partition coefficient (Wildman–Crippen LogP) is 9.12. The van der Waals surface area contributed by atoms with Crippen molar-refractivity contribution in [3.8, 4) is 51.8 Å². The number of nitrogens with zero attached hydrogens (tertiary/aromatic N) is 8. The van der Waals surface area contributed by atoms with Gasteiger partial charge in [-0.1, -0.05) is 97.1 Å². The van der Waals surface area contributed by atoms with E-state index >= 15 is 0 Å². The molecule has 9 heteroatoms. The fraction of sp³-hybridized carbons (Fsp3) is 0. The average molecular weight is 645 g/mol. The van der Waals surface area contributed by atoms with E-state index in [9.17, 15) is 0 Å². The third-order valence-electron chi connectivity index (χ3n) is 8.83. The van der Waals surface area contributed by atoms with Gasteiger partial charge in [0.25, 0.3) is 0 Å². The van der Waals surface area contributed by atoms with Crippen molar-refractivity contribution in [1.29, 1.82) is 0 Å². The molecule has 10 rings (SSSR count). The highest BCUT2D eigenvalue weighted by atomic mass is 16.3. The summed E-state index contributed by atoms with van der Waals surface area (Å²) in [5.41, 5.74) is 6.42. The summed E-state index contributed by atoms with van der Waals surface area (Å²) in [7, 11) is 0. The maximum atomic E-state index is 6.50. The van der Waals surface area contributed by atoms with Crippen LogP contribution in [-0.2, 0) is 0 Å². The van der Waals surface area contributed by atoms with Crippen LogP contribution in [0.3, 0.4) is 0 Å². The molecule has 0 amide bonds. The minimum atomic E-state index is 0.426. The number of aromatic nitrogens is 8. The second-order valence-corrected chi connectivity index (χ2v) is 11.8. The van der Waals surface area contributed by atoms with Gasteiger partial charge in [0.2, 0.25) is 5.95 Å². The molecule has 0 atom stereocenters. The van der Waals surface area contributed by atoms with E-state index in [-0.39, 0.29) is 0 Å². The molecule has 10 aromatic rings. The summed E-state index contributed by atoms with van der Waals surface area (Å²) in [4.78, 5) is 33.8. The molecule has 234 valence electrons. The van der Waals surface area contributed by atoms with E-state index in [1.54, 1.807) is 18.5 Å². The molecule has 0 aliphatic rings. The van der Waals surface area contributed by atoms with Gasteiger partial charge in [-0.05, 0) is 41.8 Å². The van der Waals surface area contributed by atoms with E-state index in [4.69, 9.17) is 34.3 Å². The highest BCUT2D eigenvalue weighted by Gasteiger charge is 2.21. The van der Waals surface area contributed by atoms with Gasteiger partial charge < -0.3 is 4.42 Å². The Morgan fingerprint density at radius 1 is 0.400 bits per heavy atom. The van der Waals surface area contributed by atoms with Crippen LogP contribution in [0.15, 0.2) is 150 Å². The van der Waals surface area contributed by atoms with Crippen LogP contribution in [0.5, 0.6) is 0 Å². The topological polar surface area (TPSA) is 108 Å². The van der Waals surface area contributed by atoms with E-state index in [1.165, 1.54) is 0 Å². The van der Waals surface area contributed by atoms with Gasteiger partial charge >= 0.3 is 0 Å². The molecule has 50 heavy (non-hydrogen) atoms. The van der Waals surface area contributed by atoms with E-state index in [1.807, 2.05) is 97.1 Å². The van der Waals surface area contributed by atoms with Gasteiger partial charge in [-0.3, -0.25) is 4.57 Å². The summed E-state index contributed by atoms with van der Waals surface area (Å²) in [6.45, 7) is 0. The normalized spacial score (nSPS) is 11.6. The van der Waals surface area contributed by atoms with Gasteiger partial charge in [0, 0.05) is 34.3 Å². The van der Waals surface area contributed by atoms with Crippen LogP contribution in [0.1, 0.15) is 0 Å². The van der Waals surface area contributed by atoms with Crippen LogP contribution in [-0.4, -0.2) is 39.5 Å². The van der Waals surface area contributed by atoms with Crippen molar-refractivity contribution in [3.63, 3.8) is 0 Å². The summed E-state index contributed by atoms with van der Waals surface area (Å²) < 4.78 is 8.58. The van der Waals surface area contributed by atoms with Crippen LogP contribution in [0.25, 0.3) is 95.5 Å². The maximum Gasteiger partial charge on any atom is 0.235 e. The van der Waals surface area contributed by atoms with Crippen LogP contribution >= 0.6 is 0 Å². The van der Waals surface area contributed by atoms with Crippen molar-refractivity contribution >= 4 is 43.7 Å². The maximum absolute atomic E-state index is 6.50. The minimum Gasteiger partial charge on any atom is -0.456 e. The number of benzene rings is 5. The fourth-order valence-corrected chi connectivity index (χ4v) is 6.61. The first-order valence-electron chi connectivity index (χ1n) is 16.2. The van der Waals surface area contributed by atoms with Gasteiger partial charge in [-0.15, -0.1) is 0 Å². The van der Waals surface area contributed by atoms with Crippen molar-refractivity contribution in [1.82, 2.24) is 39.5 Å². The first-order chi connectivity index (χ1) is 24.8. The van der Waals surface area contributed by atoms with E-state index in [0.717, 1.165) is 54.9 Å². The Balaban J connectivity index is 1.13. The predicted molar refractivity (Wildman–Crippen MR) is 194 cm³/mol. The fourth-order valence-electron chi connectivity index (χ4n) is 6.61. The molecule has 0 unspecified atom stereocenters. The first kappa shape index (κ1) is 27.9. The molecular weight excluding hydrogens is 621 g/mol. The van der Waals surface area contributed by atoms with Crippen molar-refractivity contribution in [2.75, 3.05) is 0 Å². The minimum absolute atomic E-state index is 0.426. The zero-order valence-electron chi connectivity index (χ0n) is 26.3. The molecule has 0 aliphatic heterocycles. The number of hydrogen-bond donors (Lipinski definition) is 0. The summed E-state index contributed by atoms with van der Waals surface area (Å²) in [6, 6.07) is 43.9. The lowest BCUT2D eigenvalue weighted by Crippen LogP contribution is -2.04. The molecule has 0 fully saturated rings. The molecule has 5 heterocycles. The lowest BCUT2D eigenvalue weighted by molar-refractivity contribution is 0.664. The standard InChI is InChI=1S/C41H24N8O/c1-3-11-25(12-4-1)37-46-38(26-13-5-2-6-14-26)48-40(47-37)30-21-23-42-39(44-30)29-22-24-43-41(45-29)49-31-17-9-16-28-27-15-7-8-19-33(27)50-34-20-10-18-32(49)36(34)35(28)31/h1-24H. The molecule has 0 saturated heterocycles. The van der Waals surface area contributed by atoms with Crippen LogP contribution in [0.2, 0.25) is 0 Å². The smallest absolute Gasteiger partial charge is 0.235 e. The second kappa shape index (κ2) is 11.2. The average Bonchev–Trinajstić information content (AvgIpc) is 3.46. The monoisotopic (exact) mass is 644 g/mol. The van der Waals surface area contributed by atoms with Gasteiger partial charge in [0.05, 0.1) is 16.4 Å². The van der Waals surface area contributed by atoms with Gasteiger partial charge in [-0.25, -0.2) is 34.9 Å². The van der Waals surface area contributed by atoms with E-state index in [0.29, 0.717) is 40.6 Å². The summed E-state index contributed by atoms with van der Waals surface area (Å²) >= 11 is 0. The molecule has 0 saturated carbocycles. The third kappa shape index (κ3) is 4.52. The molecule has 0 bridgehead atoms. The molecule has 5 aromatic heterocycles. The molecule has 5 aromatic carbocycles. The number of para-hydroxylation sites is 1. The molecular formula is C41H24N8O. The molecule has 0 aliphatic carbocycles. The Bertz CT molecular complexity index is 2820. The van der Waals surface area contributed by atoms with Crippen LogP contribution in [0, 0.1) is 0 Å². The van der Waals surface area contributed by atoms with Crippen molar-refractivity contribution < 1.29 is 4.42 Å². The van der Waals surface area contributed by atoms with Crippen molar-refractivity contribution in [2.24, 2.45) is 0 Å². The number of rotatable bonds is 5. The van der Waals surface area contributed by atoms with E-state index < -0.39 is 0 Å². The number of hydrogen-bond acceptors (Lipinski definition) is 8. The Hall–Kier alpha value is -7.13. The highest BCUT2D eigenvalue weighted by Crippen LogP contribution is 2.40. The largest absolute Gasteiger partial charge is 0.456 e. The lowest BCUT2D eigenvalue weighted by Gasteiger charge is -2.09. The van der Waals surface area contributed by atoms with Crippen molar-refractivity contribution in [3.05, 3.63) is 146 Å². The highest BCUT2D eigenvalue weighted by molar-refractivity contribution is 6.26. The second-order valence-electron chi connectivity index (χ2n) is 11.8. The summed E-state index contributed by atoms with van der Waals surface area (Å²) in [5.74, 6) is 2.48. The van der Waals surface area contributed by atoms with E-state index in [2.05, 4.69) is 39.9 Å². The lowest BCUT2D eigenvalue weighted by atomic mass is 10.1. The Morgan fingerprint density at radius 3 is 1.74 bits per heavy atom. The quantitative estimate of drug-likeness (QED) is 0.183. The van der Waals surface area contributed by atoms with Crippen molar-refractivity contribution in [2.45, 2.75) is 0 Å². The summed E-state index contributed by atoms with van der Waals surface area (Å²) in [5, 5.41) is 4.24. The SMILES string of the molecule is c1ccc(-c2nc(-c3ccccc3)nc(-c3ccnc(-c4ccnc(-n5c6cccc7oc8ccccc8c8cccc5c8c76)n4)n3)n2)cc1. The zero-order chi connectivity index (χ0) is 33.0. The van der Waals surface area contributed by atoms with Crippen LogP contribution < -0.4 is 0 Å². The Morgan fingerprint density at radius 2 is 0.980 bits per heavy atom. The third-order valence-corrected chi connectivity index (χ3v) is 8.83. The zero-order valence-corrected chi connectivity index (χ0v) is 26.3. The molecule has 0 N–H and O–H groups in total. The summed E-state index contributed by atoms with van der Waals surface area (Å²) in [6.07, 6.45) is 3.44.